The van der Waals surface area contributed by atoms with Crippen molar-refractivity contribution in [2.75, 3.05) is 38.2 Å². The van der Waals surface area contributed by atoms with Gasteiger partial charge in [0.15, 0.2) is 5.96 Å². The van der Waals surface area contributed by atoms with Gasteiger partial charge in [-0.05, 0) is 45.3 Å². The molecule has 168 valence electrons. The van der Waals surface area contributed by atoms with Gasteiger partial charge in [0.1, 0.15) is 9.84 Å². The molecular formula is C21H39IN4O2S. The zero-order chi connectivity index (χ0) is 21.0. The van der Waals surface area contributed by atoms with Crippen molar-refractivity contribution in [1.29, 1.82) is 0 Å². The molecule has 6 nitrogen and oxygen atoms in total. The number of hydrogen-bond acceptors (Lipinski definition) is 4. The Bertz CT molecular complexity index is 679. The van der Waals surface area contributed by atoms with Crippen LogP contribution in [0.25, 0.3) is 0 Å². The molecule has 0 saturated carbocycles. The van der Waals surface area contributed by atoms with Crippen LogP contribution in [0.3, 0.4) is 0 Å². The van der Waals surface area contributed by atoms with E-state index in [1.807, 2.05) is 19.9 Å². The molecule has 2 unspecified atom stereocenters. The van der Waals surface area contributed by atoms with Gasteiger partial charge in [-0.25, -0.2) is 8.42 Å². The molecule has 0 saturated heterocycles. The van der Waals surface area contributed by atoms with E-state index < -0.39 is 9.84 Å². The second-order valence-electron chi connectivity index (χ2n) is 7.25. The number of aliphatic imine (C=N–C) groups is 1. The minimum atomic E-state index is -2.95. The van der Waals surface area contributed by atoms with Crippen molar-refractivity contribution in [3.05, 3.63) is 35.9 Å². The van der Waals surface area contributed by atoms with Gasteiger partial charge in [-0.3, -0.25) is 9.89 Å². The molecule has 0 spiro atoms. The van der Waals surface area contributed by atoms with Crippen molar-refractivity contribution in [3.8, 4) is 0 Å². The average molecular weight is 539 g/mol. The van der Waals surface area contributed by atoms with Gasteiger partial charge in [-0.15, -0.1) is 24.0 Å². The Morgan fingerprint density at radius 1 is 1.14 bits per heavy atom. The van der Waals surface area contributed by atoms with Crippen molar-refractivity contribution in [1.82, 2.24) is 15.5 Å². The molecule has 8 heteroatoms. The summed E-state index contributed by atoms with van der Waals surface area (Å²) in [5.74, 6) is 0.921. The van der Waals surface area contributed by atoms with Gasteiger partial charge in [-0.1, -0.05) is 44.2 Å². The lowest BCUT2D eigenvalue weighted by atomic mass is 10.0. The fraction of sp³-hybridized carbons (Fsp3) is 0.667. The summed E-state index contributed by atoms with van der Waals surface area (Å²) < 4.78 is 22.8. The minimum absolute atomic E-state index is 0. The Morgan fingerprint density at radius 2 is 1.76 bits per heavy atom. The lowest BCUT2D eigenvalue weighted by Crippen LogP contribution is -2.44. The molecular weight excluding hydrogens is 499 g/mol. The number of guanidine groups is 1. The largest absolute Gasteiger partial charge is 0.357 e. The highest BCUT2D eigenvalue weighted by atomic mass is 127. The Labute approximate surface area is 194 Å². The monoisotopic (exact) mass is 538 g/mol. The first kappa shape index (κ1) is 28.1. The minimum Gasteiger partial charge on any atom is -0.357 e. The van der Waals surface area contributed by atoms with Crippen LogP contribution >= 0.6 is 24.0 Å². The number of nitrogens with zero attached hydrogens (tertiary/aromatic N) is 2. The quantitative estimate of drug-likeness (QED) is 0.243. The topological polar surface area (TPSA) is 73.8 Å². The Morgan fingerprint density at radius 3 is 2.28 bits per heavy atom. The van der Waals surface area contributed by atoms with Crippen LogP contribution in [-0.4, -0.2) is 69.5 Å². The summed E-state index contributed by atoms with van der Waals surface area (Å²) >= 11 is 0. The third-order valence-electron chi connectivity index (χ3n) is 4.75. The number of sulfone groups is 1. The molecule has 1 rings (SSSR count). The van der Waals surface area contributed by atoms with Crippen LogP contribution in [0.1, 0.15) is 39.7 Å². The predicted octanol–water partition coefficient (Wildman–Crippen LogP) is 2.94. The molecule has 2 atom stereocenters. The Balaban J connectivity index is 0.00000784. The third kappa shape index (κ3) is 12.4. The summed E-state index contributed by atoms with van der Waals surface area (Å²) in [5.41, 5.74) is 1.31. The molecule has 1 aromatic carbocycles. The highest BCUT2D eigenvalue weighted by molar-refractivity contribution is 14.0. The summed E-state index contributed by atoms with van der Waals surface area (Å²) in [6.07, 6.45) is 2.79. The second kappa shape index (κ2) is 15.0. The molecule has 0 aromatic heterocycles. The van der Waals surface area contributed by atoms with Crippen LogP contribution in [-0.2, 0) is 16.3 Å². The van der Waals surface area contributed by atoms with Crippen LogP contribution < -0.4 is 10.6 Å². The number of rotatable bonds is 12. The molecule has 2 N–H and O–H groups in total. The lowest BCUT2D eigenvalue weighted by Gasteiger charge is -2.29. The van der Waals surface area contributed by atoms with Crippen molar-refractivity contribution >= 4 is 39.8 Å². The van der Waals surface area contributed by atoms with E-state index in [0.29, 0.717) is 19.0 Å². The molecule has 0 aliphatic rings. The van der Waals surface area contributed by atoms with E-state index in [0.717, 1.165) is 32.0 Å². The summed E-state index contributed by atoms with van der Waals surface area (Å²) in [6.45, 7) is 11.8. The zero-order valence-corrected chi connectivity index (χ0v) is 21.7. The smallest absolute Gasteiger partial charge is 0.191 e. The molecule has 0 aliphatic heterocycles. The molecule has 0 bridgehead atoms. The molecule has 29 heavy (non-hydrogen) atoms. The van der Waals surface area contributed by atoms with Gasteiger partial charge in [-0.2, -0.15) is 0 Å². The Kier molecular flexibility index (Phi) is 14.6. The maximum absolute atomic E-state index is 11.4. The maximum Gasteiger partial charge on any atom is 0.191 e. The van der Waals surface area contributed by atoms with Gasteiger partial charge in [0.2, 0.25) is 0 Å². The number of nitrogens with one attached hydrogen (secondary N) is 2. The first-order valence-corrected chi connectivity index (χ1v) is 12.4. The van der Waals surface area contributed by atoms with E-state index in [9.17, 15) is 8.42 Å². The van der Waals surface area contributed by atoms with E-state index >= 15 is 0 Å². The Hall–Kier alpha value is -0.870. The third-order valence-corrected chi connectivity index (χ3v) is 5.73. The van der Waals surface area contributed by atoms with E-state index in [1.54, 1.807) is 0 Å². The second-order valence-corrected chi connectivity index (χ2v) is 9.51. The van der Waals surface area contributed by atoms with E-state index in [-0.39, 0.29) is 35.8 Å². The van der Waals surface area contributed by atoms with Gasteiger partial charge >= 0.3 is 0 Å². The number of hydrogen-bond donors (Lipinski definition) is 2. The molecule has 0 heterocycles. The van der Waals surface area contributed by atoms with Gasteiger partial charge < -0.3 is 10.6 Å². The highest BCUT2D eigenvalue weighted by Crippen LogP contribution is 2.10. The number of likely N-dealkylation sites (N-methyl/N-ethyl adjacent to an activating group) is 1. The van der Waals surface area contributed by atoms with Crippen molar-refractivity contribution in [3.63, 3.8) is 0 Å². The molecule has 0 fully saturated rings. The normalized spacial score (nSPS) is 14.2. The van der Waals surface area contributed by atoms with Gasteiger partial charge in [0.25, 0.3) is 0 Å². The molecule has 1 aromatic rings. The zero-order valence-electron chi connectivity index (χ0n) is 18.5. The van der Waals surface area contributed by atoms with Crippen LogP contribution in [0.4, 0.5) is 0 Å². The summed E-state index contributed by atoms with van der Waals surface area (Å²) in [4.78, 5) is 7.25. The van der Waals surface area contributed by atoms with Crippen molar-refractivity contribution in [2.45, 2.75) is 52.6 Å². The van der Waals surface area contributed by atoms with Crippen LogP contribution in [0.2, 0.25) is 0 Å². The standard InChI is InChI=1S/C21H38N4O2S.HI/c1-6-22-21(24-18(4)14-15-28(5,26)27)23-17-20(25(7-2)8-3)16-19-12-10-9-11-13-19;/h9-13,18,20H,6-8,14-17H2,1-5H3,(H2,22,23,24);1H. The molecule has 0 radical (unpaired) electrons. The van der Waals surface area contributed by atoms with Crippen LogP contribution in [0.5, 0.6) is 0 Å². The van der Waals surface area contributed by atoms with Gasteiger partial charge in [0.05, 0.1) is 12.3 Å². The highest BCUT2D eigenvalue weighted by Gasteiger charge is 2.17. The number of benzene rings is 1. The van der Waals surface area contributed by atoms with E-state index in [2.05, 4.69) is 53.6 Å². The van der Waals surface area contributed by atoms with Crippen LogP contribution in [0.15, 0.2) is 35.3 Å². The summed E-state index contributed by atoms with van der Waals surface area (Å²) in [7, 11) is -2.95. The first-order valence-electron chi connectivity index (χ1n) is 10.3. The maximum atomic E-state index is 11.4. The fourth-order valence-electron chi connectivity index (χ4n) is 3.15. The first-order chi connectivity index (χ1) is 13.3. The van der Waals surface area contributed by atoms with Crippen molar-refractivity contribution in [2.24, 2.45) is 4.99 Å². The van der Waals surface area contributed by atoms with Crippen LogP contribution in [0, 0.1) is 0 Å². The lowest BCUT2D eigenvalue weighted by molar-refractivity contribution is 0.220. The fourth-order valence-corrected chi connectivity index (χ4v) is 3.93. The SMILES string of the molecule is CCNC(=NCC(Cc1ccccc1)N(CC)CC)NC(C)CCS(C)(=O)=O.I. The summed E-state index contributed by atoms with van der Waals surface area (Å²) in [6, 6.07) is 10.9. The van der Waals surface area contributed by atoms with E-state index in [4.69, 9.17) is 4.99 Å². The van der Waals surface area contributed by atoms with Gasteiger partial charge in [0, 0.05) is 24.9 Å². The number of halogens is 1. The molecule has 0 amide bonds. The summed E-state index contributed by atoms with van der Waals surface area (Å²) in [5, 5.41) is 6.62. The van der Waals surface area contributed by atoms with E-state index in [1.165, 1.54) is 11.8 Å². The average Bonchev–Trinajstić information content (AvgIpc) is 2.65. The molecule has 0 aliphatic carbocycles. The predicted molar refractivity (Wildman–Crippen MR) is 135 cm³/mol. The van der Waals surface area contributed by atoms with Crippen molar-refractivity contribution < 1.29 is 8.42 Å².